The second-order valence-corrected chi connectivity index (χ2v) is 31.5. The van der Waals surface area contributed by atoms with Crippen LogP contribution in [0.2, 0.25) is 0 Å². The van der Waals surface area contributed by atoms with Crippen LogP contribution in [0.1, 0.15) is 128 Å². The highest BCUT2D eigenvalue weighted by Crippen LogP contribution is 2.34. The van der Waals surface area contributed by atoms with Gasteiger partial charge in [0.15, 0.2) is 17.3 Å². The maximum absolute atomic E-state index is 15.3. The summed E-state index contributed by atoms with van der Waals surface area (Å²) in [5.74, 6) is -17.7. The minimum Gasteiger partial charge on any atom is -0.445 e. The van der Waals surface area contributed by atoms with Gasteiger partial charge in [0.25, 0.3) is 11.8 Å². The Morgan fingerprint density at radius 3 is 2.05 bits per heavy atom. The minimum absolute atomic E-state index is 0.0431. The molecule has 4 aliphatic heterocycles. The number of likely N-dealkylation sites (N-methyl/N-ethyl adjacent to an activating group) is 2. The number of ether oxygens (including phenoxy) is 2. The lowest BCUT2D eigenvalue weighted by Gasteiger charge is -2.32. The van der Waals surface area contributed by atoms with Gasteiger partial charge in [-0.25, -0.2) is 14.4 Å². The average molecular weight is 1630 g/mol. The van der Waals surface area contributed by atoms with Gasteiger partial charge in [-0.15, -0.1) is 0 Å². The highest BCUT2D eigenvalue weighted by atomic mass is 32.2. The molecule has 7 rings (SSSR count). The molecule has 0 radical (unpaired) electrons. The highest BCUT2D eigenvalue weighted by Gasteiger charge is 2.46. The number of carbonyl (C=O) groups is 17. The Labute approximate surface area is 666 Å². The largest absolute Gasteiger partial charge is 0.445 e. The van der Waals surface area contributed by atoms with Gasteiger partial charge in [-0.2, -0.15) is 0 Å². The van der Waals surface area contributed by atoms with E-state index in [2.05, 4.69) is 42.2 Å². The molecule has 3 aromatic rings. The number of hydrogen-bond donors (Lipinski definition) is 13. The summed E-state index contributed by atoms with van der Waals surface area (Å²) >= 11 is 0. The van der Waals surface area contributed by atoms with Crippen LogP contribution >= 0.6 is 0 Å². The van der Waals surface area contributed by atoms with E-state index in [1.54, 1.807) is 52.0 Å². The van der Waals surface area contributed by atoms with Gasteiger partial charge in [0.2, 0.25) is 47.3 Å². The number of hydrogen-bond acceptors (Lipinski definition) is 23. The van der Waals surface area contributed by atoms with Crippen LogP contribution in [0.25, 0.3) is 10.9 Å². The van der Waals surface area contributed by atoms with E-state index < -0.39 is 224 Å². The van der Waals surface area contributed by atoms with Gasteiger partial charge >= 0.3 is 18.2 Å². The van der Waals surface area contributed by atoms with Crippen molar-refractivity contribution in [2.75, 3.05) is 72.3 Å². The zero-order valence-corrected chi connectivity index (χ0v) is 66.3. The van der Waals surface area contributed by atoms with Gasteiger partial charge in [0.1, 0.15) is 35.2 Å². The summed E-state index contributed by atoms with van der Waals surface area (Å²) in [6, 6.07) is 2.43. The van der Waals surface area contributed by atoms with E-state index in [1.165, 1.54) is 56.3 Å². The number of fused-ring (bicyclic) bond motifs is 5. The number of amides is 14. The molecule has 2 aromatic carbocycles. The number of unbranched alkanes of at least 4 members (excludes halogenated alkanes) is 2. The number of urea groups is 1. The predicted molar refractivity (Wildman–Crippen MR) is 411 cm³/mol. The van der Waals surface area contributed by atoms with Crippen molar-refractivity contribution < 1.29 is 111 Å². The monoisotopic (exact) mass is 1630 g/mol. The zero-order chi connectivity index (χ0) is 84.7. The van der Waals surface area contributed by atoms with E-state index in [-0.39, 0.29) is 121 Å². The summed E-state index contributed by atoms with van der Waals surface area (Å²) in [6.07, 6.45) is -3.61. The van der Waals surface area contributed by atoms with Crippen LogP contribution in [0.15, 0.2) is 59.6 Å². The number of primary amides is 2. The van der Waals surface area contributed by atoms with Crippen LogP contribution in [-0.4, -0.2) is 259 Å². The number of Topliss-reactive ketones (excluding diaryl/α,β-unsaturated/α-hetero) is 4. The summed E-state index contributed by atoms with van der Waals surface area (Å²) < 4.78 is 26.6. The Kier molecular flexibility index (Phi) is 34.2. The molecular formula is C77H106N14O23S. The van der Waals surface area contributed by atoms with Gasteiger partial charge in [0.05, 0.1) is 78.0 Å². The molecule has 13 atom stereocenters. The standard InChI is InChI=1S/C77H106N14O23S/c1-8-42(4)67-72(107)82-35-63(100)83-56-40-115(112)73-53(28-46(69(104)81-36-64(101)86-67)29-60(97)68(43(5)61(98)38-92)87-71(106)57-33-49(94)37-91(57)74(108)47(30-59(56)96)31-62(78)99)51-20-19-50(34-55(51)85-73)114-77(111)89(7)26-25-88(6)76(110)113-39-45-17-15-44(16-18-45)27-58(95)54(14-12-23-80-75(79)109)84-70(105)52(41(2)3)32-48(93)13-10-9-11-24-90-65(102)21-22-66(90)103/h15-22,34,41-43,46-47,49,52,54,56-57,61,67-68,85,92,94,98H,8-14,23-33,35-40H2,1-7H3,(H2,78,99)(H,81,104)(H,82,107)(H,83,100)(H,84,105)(H,86,101)(H,87,106)(H3,79,80,109)/t42-,43-,46-,47-,49+,52-,54-,56-,57-,61-,67-,68-,115?/m0/s1. The number of ketones is 4. The number of nitrogens with one attached hydrogen (secondary N) is 8. The smallest absolute Gasteiger partial charge is 0.415 e. The predicted octanol–water partition coefficient (Wildman–Crippen LogP) is -0.984. The number of aromatic amines is 1. The van der Waals surface area contributed by atoms with Crippen molar-refractivity contribution >= 4 is 122 Å². The second-order valence-electron chi connectivity index (χ2n) is 30.0. The molecule has 37 nitrogen and oxygen atoms in total. The Morgan fingerprint density at radius 1 is 0.757 bits per heavy atom. The molecule has 1 aromatic heterocycles. The first-order chi connectivity index (χ1) is 54.5. The lowest BCUT2D eigenvalue weighted by atomic mass is 9.85. The molecule has 2 bridgehead atoms. The third-order valence-electron chi connectivity index (χ3n) is 21.0. The summed E-state index contributed by atoms with van der Waals surface area (Å²) in [6.45, 7) is 5.13. The third kappa shape index (κ3) is 26.3. The average Bonchev–Trinajstić information content (AvgIpc) is 1.63. The first kappa shape index (κ1) is 91.3. The molecule has 4 aliphatic rings. The third-order valence-corrected chi connectivity index (χ3v) is 22.4. The topological polar surface area (TPSA) is 551 Å². The van der Waals surface area contributed by atoms with Crippen LogP contribution < -0.4 is 53.4 Å². The normalized spacial score (nSPS) is 22.1. The fourth-order valence-electron chi connectivity index (χ4n) is 13.8. The van der Waals surface area contributed by atoms with E-state index in [9.17, 15) is 96.8 Å². The second kappa shape index (κ2) is 43.0. The molecular weight excluding hydrogens is 1520 g/mol. The number of nitrogens with two attached hydrogens (primary N) is 2. The van der Waals surface area contributed by atoms with Gasteiger partial charge in [-0.1, -0.05) is 71.7 Å². The molecule has 628 valence electrons. The molecule has 0 saturated carbocycles. The Bertz CT molecular complexity index is 4170. The number of aliphatic hydroxyl groups is 3. The lowest BCUT2D eigenvalue weighted by molar-refractivity contribution is -0.145. The summed E-state index contributed by atoms with van der Waals surface area (Å²) in [5, 5.41) is 49.9. The Balaban J connectivity index is 1.06. The van der Waals surface area contributed by atoms with Crippen LogP contribution in [0.4, 0.5) is 14.4 Å². The molecule has 14 amide bonds. The Hall–Kier alpha value is -10.9. The number of carbonyl (C=O) groups excluding carboxylic acids is 17. The number of rotatable bonds is 31. The van der Waals surface area contributed by atoms with E-state index >= 15 is 4.21 Å². The van der Waals surface area contributed by atoms with E-state index in [4.69, 9.17) is 20.9 Å². The van der Waals surface area contributed by atoms with Crippen molar-refractivity contribution in [2.45, 2.75) is 179 Å². The van der Waals surface area contributed by atoms with Crippen molar-refractivity contribution in [3.63, 3.8) is 0 Å². The summed E-state index contributed by atoms with van der Waals surface area (Å²) in [5.41, 5.74) is 12.1. The molecule has 0 aliphatic carbocycles. The summed E-state index contributed by atoms with van der Waals surface area (Å²) in [4.78, 5) is 238. The number of aromatic nitrogens is 1. The summed E-state index contributed by atoms with van der Waals surface area (Å²) in [7, 11) is 0.301. The minimum atomic E-state index is -2.50. The fourth-order valence-corrected chi connectivity index (χ4v) is 15.2. The molecule has 15 N–H and O–H groups in total. The number of nitrogens with zero attached hydrogens (tertiary/aromatic N) is 4. The van der Waals surface area contributed by atoms with Crippen molar-refractivity contribution in [3.05, 3.63) is 71.3 Å². The van der Waals surface area contributed by atoms with E-state index in [0.717, 1.165) is 14.7 Å². The first-order valence-electron chi connectivity index (χ1n) is 38.4. The molecule has 1 unspecified atom stereocenters. The van der Waals surface area contributed by atoms with Gasteiger partial charge in [0, 0.05) is 133 Å². The quantitative estimate of drug-likeness (QED) is 0.0272. The van der Waals surface area contributed by atoms with Crippen LogP contribution in [0.5, 0.6) is 5.75 Å². The number of aliphatic hydroxyl groups excluding tert-OH is 3. The van der Waals surface area contributed by atoms with Crippen molar-refractivity contribution in [3.8, 4) is 5.75 Å². The van der Waals surface area contributed by atoms with Crippen molar-refractivity contribution in [1.29, 1.82) is 0 Å². The van der Waals surface area contributed by atoms with Gasteiger partial charge < -0.3 is 93.2 Å². The van der Waals surface area contributed by atoms with Crippen molar-refractivity contribution in [2.24, 2.45) is 47.0 Å². The van der Waals surface area contributed by atoms with E-state index in [0.29, 0.717) is 36.8 Å². The SMILES string of the molecule is CC[C@H](C)[C@@H]1NC(=O)CNC(=O)[C@@H]2CC(=O)[C@H]([C@@H](C)[C@@H](O)CO)NC(=O)[C@@H]3C[C@@H](O)CN3C(=O)[C@H](CC(N)=O)CC(=O)[C@H](CS(=O)c3[nH]c4cc(OC(=O)N(C)CCN(C)C(=O)OCc5ccc(CC(=O)[C@H](CCCNC(N)=O)NC(=O)[C@@H](CC(=O)CCCCCN6C(=O)C=CC6=O)C(C)C)cc5)ccc4c3C2)NC(=O)CNC1=O. The molecule has 115 heavy (non-hydrogen) atoms. The van der Waals surface area contributed by atoms with Crippen molar-refractivity contribution in [1.82, 2.24) is 61.8 Å². The maximum atomic E-state index is 15.3. The maximum Gasteiger partial charge on any atom is 0.415 e. The lowest BCUT2D eigenvalue weighted by Crippen LogP contribution is -2.56. The van der Waals surface area contributed by atoms with Crippen LogP contribution in [-0.2, 0) is 102 Å². The van der Waals surface area contributed by atoms with E-state index in [1.807, 2.05) is 0 Å². The zero-order valence-electron chi connectivity index (χ0n) is 65.5. The first-order valence-corrected chi connectivity index (χ1v) is 39.7. The molecule has 5 heterocycles. The van der Waals surface area contributed by atoms with Crippen LogP contribution in [0, 0.1) is 35.5 Å². The fraction of sp³-hybridized carbons (Fsp3) is 0.571. The number of benzene rings is 2. The van der Waals surface area contributed by atoms with Gasteiger partial charge in [-0.3, -0.25) is 76.2 Å². The Morgan fingerprint density at radius 2 is 1.41 bits per heavy atom. The highest BCUT2D eigenvalue weighted by molar-refractivity contribution is 7.85. The molecule has 0 spiro atoms. The molecule has 1 fully saturated rings. The van der Waals surface area contributed by atoms with Gasteiger partial charge in [-0.05, 0) is 72.8 Å². The van der Waals surface area contributed by atoms with Crippen LogP contribution in [0.3, 0.4) is 0 Å². The molecule has 38 heteroatoms. The number of H-pyrrole nitrogens is 1. The number of imide groups is 1. The molecule has 1 saturated heterocycles.